The van der Waals surface area contributed by atoms with Crippen LogP contribution in [0.5, 0.6) is 0 Å². The minimum atomic E-state index is -0.511. The lowest BCUT2D eigenvalue weighted by Gasteiger charge is -2.10. The number of carbonyl (C=O) groups is 1. The number of nitrogens with one attached hydrogen (secondary N) is 1. The molecule has 0 unspecified atom stereocenters. The van der Waals surface area contributed by atoms with Crippen LogP contribution in [-0.2, 0) is 0 Å². The zero-order valence-electron chi connectivity index (χ0n) is 11.1. The number of nitrogen functional groups attached to an aromatic ring is 1. The Morgan fingerprint density at radius 3 is 2.62 bits per heavy atom. The first-order valence-electron chi connectivity index (χ1n) is 6.00. The van der Waals surface area contributed by atoms with Crippen molar-refractivity contribution in [1.82, 2.24) is 0 Å². The molecule has 0 heterocycles. The molecule has 0 aliphatic carbocycles. The third-order valence-electron chi connectivity index (χ3n) is 2.94. The van der Waals surface area contributed by atoms with Crippen molar-refractivity contribution in [3.63, 3.8) is 0 Å². The lowest BCUT2D eigenvalue weighted by atomic mass is 10.1. The number of nitro benzene ring substituents is 1. The number of amides is 1. The summed E-state index contributed by atoms with van der Waals surface area (Å²) in [7, 11) is 0. The summed E-state index contributed by atoms with van der Waals surface area (Å²) in [6, 6.07) is 9.20. The second-order valence-corrected chi connectivity index (χ2v) is 5.36. The highest BCUT2D eigenvalue weighted by Gasteiger charge is 2.14. The highest BCUT2D eigenvalue weighted by Crippen LogP contribution is 2.24. The summed E-state index contributed by atoms with van der Waals surface area (Å²) in [5, 5.41) is 13.4. The van der Waals surface area contributed by atoms with Gasteiger partial charge in [-0.1, -0.05) is 22.0 Å². The van der Waals surface area contributed by atoms with Crippen LogP contribution in [0.25, 0.3) is 0 Å². The molecule has 2 aromatic rings. The van der Waals surface area contributed by atoms with E-state index in [2.05, 4.69) is 21.2 Å². The first kappa shape index (κ1) is 15.0. The van der Waals surface area contributed by atoms with Crippen LogP contribution in [0.4, 0.5) is 17.1 Å². The van der Waals surface area contributed by atoms with Crippen molar-refractivity contribution in [2.75, 3.05) is 11.1 Å². The number of halogens is 1. The van der Waals surface area contributed by atoms with Gasteiger partial charge in [0, 0.05) is 22.3 Å². The third kappa shape index (κ3) is 3.38. The molecule has 0 saturated heterocycles. The van der Waals surface area contributed by atoms with Gasteiger partial charge in [-0.2, -0.15) is 0 Å². The molecular weight excluding hydrogens is 338 g/mol. The van der Waals surface area contributed by atoms with Crippen LogP contribution < -0.4 is 11.1 Å². The smallest absolute Gasteiger partial charge is 0.271 e. The van der Waals surface area contributed by atoms with Crippen molar-refractivity contribution in [1.29, 1.82) is 0 Å². The van der Waals surface area contributed by atoms with Gasteiger partial charge in [-0.05, 0) is 30.7 Å². The van der Waals surface area contributed by atoms with Crippen molar-refractivity contribution < 1.29 is 9.72 Å². The van der Waals surface area contributed by atoms with Gasteiger partial charge in [-0.25, -0.2) is 0 Å². The second-order valence-electron chi connectivity index (χ2n) is 4.44. The van der Waals surface area contributed by atoms with Gasteiger partial charge in [0.25, 0.3) is 11.6 Å². The van der Waals surface area contributed by atoms with E-state index < -0.39 is 10.8 Å². The van der Waals surface area contributed by atoms with Crippen LogP contribution in [-0.4, -0.2) is 10.8 Å². The number of nitrogens with zero attached hydrogens (tertiary/aromatic N) is 1. The average Bonchev–Trinajstić information content (AvgIpc) is 2.40. The van der Waals surface area contributed by atoms with Crippen LogP contribution in [0.3, 0.4) is 0 Å². The molecule has 6 nitrogen and oxygen atoms in total. The van der Waals surface area contributed by atoms with Gasteiger partial charge in [0.15, 0.2) is 0 Å². The lowest BCUT2D eigenvalue weighted by molar-refractivity contribution is -0.384. The molecule has 0 aliphatic rings. The van der Waals surface area contributed by atoms with Crippen molar-refractivity contribution in [3.8, 4) is 0 Å². The Balaban J connectivity index is 2.31. The molecule has 0 fully saturated rings. The monoisotopic (exact) mass is 349 g/mol. The molecule has 1 amide bonds. The minimum Gasteiger partial charge on any atom is -0.398 e. The Hall–Kier alpha value is -2.41. The molecular formula is C14H12BrN3O3. The Labute approximate surface area is 129 Å². The van der Waals surface area contributed by atoms with E-state index in [1.807, 2.05) is 0 Å². The Morgan fingerprint density at radius 1 is 1.29 bits per heavy atom. The SMILES string of the molecule is Cc1ccc([N+](=O)[O-])cc1NC(=O)c1ccc(Br)cc1N. The fourth-order valence-electron chi connectivity index (χ4n) is 1.79. The van der Waals surface area contributed by atoms with Gasteiger partial charge in [0.05, 0.1) is 16.2 Å². The van der Waals surface area contributed by atoms with Crippen molar-refractivity contribution in [2.24, 2.45) is 0 Å². The Bertz CT molecular complexity index is 731. The molecule has 0 spiro atoms. The zero-order chi connectivity index (χ0) is 15.6. The fourth-order valence-corrected chi connectivity index (χ4v) is 2.17. The molecule has 3 N–H and O–H groups in total. The van der Waals surface area contributed by atoms with Gasteiger partial charge in [-0.15, -0.1) is 0 Å². The van der Waals surface area contributed by atoms with Crippen LogP contribution >= 0.6 is 15.9 Å². The number of aryl methyl sites for hydroxylation is 1. The van der Waals surface area contributed by atoms with E-state index >= 15 is 0 Å². The number of hydrogen-bond donors (Lipinski definition) is 2. The quantitative estimate of drug-likeness (QED) is 0.503. The highest BCUT2D eigenvalue weighted by molar-refractivity contribution is 9.10. The second kappa shape index (κ2) is 5.92. The molecule has 2 rings (SSSR count). The molecule has 0 radical (unpaired) electrons. The number of carbonyl (C=O) groups excluding carboxylic acids is 1. The van der Waals surface area contributed by atoms with Crippen molar-refractivity contribution in [2.45, 2.75) is 6.92 Å². The van der Waals surface area contributed by atoms with E-state index in [0.29, 0.717) is 16.9 Å². The first-order valence-corrected chi connectivity index (χ1v) is 6.79. The van der Waals surface area contributed by atoms with E-state index in [0.717, 1.165) is 10.0 Å². The maximum absolute atomic E-state index is 12.2. The maximum Gasteiger partial charge on any atom is 0.271 e. The summed E-state index contributed by atoms with van der Waals surface area (Å²) in [4.78, 5) is 22.5. The number of rotatable bonds is 3. The first-order chi connectivity index (χ1) is 9.88. The normalized spacial score (nSPS) is 10.2. The van der Waals surface area contributed by atoms with Gasteiger partial charge in [0.1, 0.15) is 0 Å². The molecule has 7 heteroatoms. The van der Waals surface area contributed by atoms with Crippen molar-refractivity contribution in [3.05, 3.63) is 62.1 Å². The topological polar surface area (TPSA) is 98.3 Å². The minimum absolute atomic E-state index is 0.0836. The number of benzene rings is 2. The van der Waals surface area contributed by atoms with Gasteiger partial charge in [-0.3, -0.25) is 14.9 Å². The standard InChI is InChI=1S/C14H12BrN3O3/c1-8-2-4-10(18(20)21)7-13(8)17-14(19)11-5-3-9(15)6-12(11)16/h2-7H,16H2,1H3,(H,17,19). The van der Waals surface area contributed by atoms with E-state index in [1.165, 1.54) is 12.1 Å². The third-order valence-corrected chi connectivity index (χ3v) is 3.43. The zero-order valence-corrected chi connectivity index (χ0v) is 12.7. The van der Waals surface area contributed by atoms with E-state index in [4.69, 9.17) is 5.73 Å². The molecule has 0 atom stereocenters. The van der Waals surface area contributed by atoms with Gasteiger partial charge < -0.3 is 11.1 Å². The molecule has 2 aromatic carbocycles. The maximum atomic E-state index is 12.2. The summed E-state index contributed by atoms with van der Waals surface area (Å²) in [6.45, 7) is 1.75. The number of nitrogens with two attached hydrogens (primary N) is 1. The fraction of sp³-hybridized carbons (Fsp3) is 0.0714. The predicted molar refractivity (Wildman–Crippen MR) is 84.3 cm³/mol. The lowest BCUT2D eigenvalue weighted by Crippen LogP contribution is -2.14. The summed E-state index contributed by atoms with van der Waals surface area (Å²) >= 11 is 3.26. The summed E-state index contributed by atoms with van der Waals surface area (Å²) < 4.78 is 0.767. The van der Waals surface area contributed by atoms with Crippen LogP contribution in [0, 0.1) is 17.0 Å². The van der Waals surface area contributed by atoms with Gasteiger partial charge >= 0.3 is 0 Å². The number of non-ortho nitro benzene ring substituents is 1. The number of hydrogen-bond acceptors (Lipinski definition) is 4. The number of anilines is 2. The molecule has 108 valence electrons. The predicted octanol–water partition coefficient (Wildman–Crippen LogP) is 3.50. The molecule has 0 bridgehead atoms. The van der Waals surface area contributed by atoms with Crippen LogP contribution in [0.2, 0.25) is 0 Å². The summed E-state index contributed by atoms with van der Waals surface area (Å²) in [6.07, 6.45) is 0. The molecule has 0 aliphatic heterocycles. The van der Waals surface area contributed by atoms with E-state index in [1.54, 1.807) is 31.2 Å². The molecule has 0 aromatic heterocycles. The molecule has 21 heavy (non-hydrogen) atoms. The van der Waals surface area contributed by atoms with E-state index in [-0.39, 0.29) is 5.69 Å². The highest BCUT2D eigenvalue weighted by atomic mass is 79.9. The van der Waals surface area contributed by atoms with Crippen molar-refractivity contribution >= 4 is 38.9 Å². The summed E-state index contributed by atoms with van der Waals surface area (Å²) in [5.41, 5.74) is 7.46. The van der Waals surface area contributed by atoms with Crippen LogP contribution in [0.15, 0.2) is 40.9 Å². The Morgan fingerprint density at radius 2 is 2.00 bits per heavy atom. The van der Waals surface area contributed by atoms with Crippen LogP contribution in [0.1, 0.15) is 15.9 Å². The average molecular weight is 350 g/mol. The Kier molecular flexibility index (Phi) is 4.23. The van der Waals surface area contributed by atoms with E-state index in [9.17, 15) is 14.9 Å². The largest absolute Gasteiger partial charge is 0.398 e. The summed E-state index contributed by atoms with van der Waals surface area (Å²) in [5.74, 6) is -0.413. The molecule has 0 saturated carbocycles. The number of nitro groups is 1. The van der Waals surface area contributed by atoms with Gasteiger partial charge in [0.2, 0.25) is 0 Å².